The van der Waals surface area contributed by atoms with Crippen LogP contribution in [0.15, 0.2) is 0 Å². The third-order valence-electron chi connectivity index (χ3n) is 2.41. The molecule has 19 heteroatoms. The molecular weight excluding hydrogens is 443 g/mol. The number of rotatable bonds is 7. The molecule has 132 valence electrons. The van der Waals surface area contributed by atoms with Crippen molar-refractivity contribution in [2.24, 2.45) is 0 Å². The van der Waals surface area contributed by atoms with Crippen molar-refractivity contribution >= 4 is 32.1 Å². The zero-order chi connectivity index (χ0) is 17.1. The average Bonchev–Trinajstić information content (AvgIpc) is 2.27. The van der Waals surface area contributed by atoms with Crippen molar-refractivity contribution in [1.29, 1.82) is 0 Å². The van der Waals surface area contributed by atoms with E-state index in [9.17, 15) is 39.8 Å². The van der Waals surface area contributed by atoms with Gasteiger partial charge in [-0.05, 0) is 0 Å². The fourth-order valence-electron chi connectivity index (χ4n) is 1.69. The molecule has 0 spiro atoms. The zero-order valence-corrected chi connectivity index (χ0v) is 21.8. The quantitative estimate of drug-likeness (QED) is 0.159. The van der Waals surface area contributed by atoms with Gasteiger partial charge < -0.3 is 23.5 Å². The minimum Gasteiger partial charge on any atom is -0.760 e. The third kappa shape index (κ3) is 14.4. The van der Waals surface area contributed by atoms with Crippen molar-refractivity contribution < 1.29 is 142 Å². The van der Waals surface area contributed by atoms with E-state index in [1.54, 1.807) is 4.72 Å². The van der Waals surface area contributed by atoms with Crippen LogP contribution in [-0.4, -0.2) is 71.0 Å². The van der Waals surface area contributed by atoms with Gasteiger partial charge in [0, 0.05) is 17.7 Å². The number of ether oxygens (including phenoxy) is 1. The van der Waals surface area contributed by atoms with Crippen LogP contribution in [0.4, 0.5) is 0 Å². The van der Waals surface area contributed by atoms with Crippen LogP contribution in [0.3, 0.4) is 0 Å². The number of aliphatic hydroxyl groups excluding tert-OH is 1. The minimum absolute atomic E-state index is 0. The van der Waals surface area contributed by atoms with Crippen LogP contribution in [0.1, 0.15) is 6.42 Å². The van der Waals surface area contributed by atoms with Crippen LogP contribution in [0, 0.1) is 0 Å². The van der Waals surface area contributed by atoms with Crippen molar-refractivity contribution in [3.8, 4) is 0 Å². The standard InChI is InChI=1S/C6H13NO12S3.3Na/c8-6-5(7-20(9)10)4(19-22(14,15)16)1-3(18-6)2-17-21(11,12)13;;;/h3-8H,1-2H2,(H,9,10)(H,11,12,13)(H,14,15,16);;;/q;3*+1/p-3/t3?,4-,5?,6-;;;/m1.../s1. The monoisotopic (exact) mass is 453 g/mol. The Labute approximate surface area is 213 Å². The second-order valence-electron chi connectivity index (χ2n) is 4.00. The molecule has 1 aliphatic heterocycles. The van der Waals surface area contributed by atoms with Gasteiger partial charge in [-0.15, -0.1) is 0 Å². The molecule has 1 rings (SSSR count). The molecule has 1 heterocycles. The second-order valence-corrected chi connectivity index (χ2v) is 6.76. The Kier molecular flexibility index (Phi) is 18.0. The van der Waals surface area contributed by atoms with Crippen LogP contribution >= 0.6 is 0 Å². The van der Waals surface area contributed by atoms with Crippen molar-refractivity contribution in [2.45, 2.75) is 31.0 Å². The van der Waals surface area contributed by atoms with Crippen molar-refractivity contribution in [2.75, 3.05) is 6.61 Å². The summed E-state index contributed by atoms with van der Waals surface area (Å²) in [5.41, 5.74) is 0. The van der Waals surface area contributed by atoms with E-state index in [4.69, 9.17) is 4.74 Å². The summed E-state index contributed by atoms with van der Waals surface area (Å²) in [5, 5.41) is 9.57. The molecule has 2 N–H and O–H groups in total. The van der Waals surface area contributed by atoms with Gasteiger partial charge in [0.15, 0.2) is 6.29 Å². The van der Waals surface area contributed by atoms with Gasteiger partial charge in [-0.3, -0.25) is 12.6 Å². The van der Waals surface area contributed by atoms with E-state index in [1.807, 2.05) is 0 Å². The number of nitrogens with one attached hydrogen (secondary N) is 1. The van der Waals surface area contributed by atoms with Gasteiger partial charge in [-0.2, -0.15) is 0 Å². The molecule has 0 bridgehead atoms. The van der Waals surface area contributed by atoms with Crippen molar-refractivity contribution in [3.05, 3.63) is 0 Å². The molecule has 0 radical (unpaired) electrons. The molecule has 1 saturated heterocycles. The van der Waals surface area contributed by atoms with Crippen LogP contribution in [-0.2, 0) is 45.2 Å². The Bertz CT molecular complexity index is 614. The van der Waals surface area contributed by atoms with E-state index < -0.39 is 69.6 Å². The molecular formula is C6H10NNa3O12S3. The first kappa shape index (κ1) is 32.4. The van der Waals surface area contributed by atoms with Gasteiger partial charge in [0.1, 0.15) is 0 Å². The van der Waals surface area contributed by atoms with Gasteiger partial charge in [0.2, 0.25) is 20.8 Å². The number of hydrogen-bond acceptors (Lipinski definition) is 12. The van der Waals surface area contributed by atoms with E-state index in [-0.39, 0.29) is 88.7 Å². The largest absolute Gasteiger partial charge is 1.00 e. The normalized spacial score (nSPS) is 28.0. The molecule has 1 fully saturated rings. The van der Waals surface area contributed by atoms with Gasteiger partial charge in [-0.25, -0.2) is 21.6 Å². The van der Waals surface area contributed by atoms with Crippen molar-refractivity contribution in [3.63, 3.8) is 0 Å². The maximum Gasteiger partial charge on any atom is 1.00 e. The predicted molar refractivity (Wildman–Crippen MR) is 61.6 cm³/mol. The average molecular weight is 453 g/mol. The van der Waals surface area contributed by atoms with Crippen LogP contribution < -0.4 is 93.4 Å². The summed E-state index contributed by atoms with van der Waals surface area (Å²) in [6.45, 7) is -0.894. The van der Waals surface area contributed by atoms with Crippen LogP contribution in [0.2, 0.25) is 0 Å². The van der Waals surface area contributed by atoms with Gasteiger partial charge in [-0.1, -0.05) is 0 Å². The summed E-state index contributed by atoms with van der Waals surface area (Å²) < 4.78 is 98.2. The van der Waals surface area contributed by atoms with E-state index in [0.29, 0.717) is 0 Å². The topological polar surface area (TPSA) is 214 Å². The molecule has 0 aromatic rings. The SMILES string of the molecule is O=S([O-])NC1[C@H](O)OC(COS(=O)(=O)[O-])C[C@H]1OS(=O)(=O)[O-].[Na+].[Na+].[Na+]. The Morgan fingerprint density at radius 3 is 2.08 bits per heavy atom. The maximum atomic E-state index is 10.6. The summed E-state index contributed by atoms with van der Waals surface area (Å²) in [6, 6.07) is -1.65. The molecule has 0 aromatic carbocycles. The van der Waals surface area contributed by atoms with Crippen LogP contribution in [0.5, 0.6) is 0 Å². The van der Waals surface area contributed by atoms with E-state index in [1.165, 1.54) is 0 Å². The number of aliphatic hydroxyl groups is 1. The van der Waals surface area contributed by atoms with E-state index in [0.717, 1.165) is 0 Å². The first-order valence-corrected chi connectivity index (χ1v) is 9.05. The van der Waals surface area contributed by atoms with Gasteiger partial charge in [0.05, 0.1) is 24.9 Å². The fraction of sp³-hybridized carbons (Fsp3) is 1.00. The summed E-state index contributed by atoms with van der Waals surface area (Å²) in [4.78, 5) is 0. The molecule has 3 unspecified atom stereocenters. The predicted octanol–water partition coefficient (Wildman–Crippen LogP) is -12.8. The summed E-state index contributed by atoms with van der Waals surface area (Å²) >= 11 is -2.96. The molecule has 13 nitrogen and oxygen atoms in total. The summed E-state index contributed by atoms with van der Waals surface area (Å²) in [5.74, 6) is 0. The molecule has 0 saturated carbocycles. The van der Waals surface area contributed by atoms with Gasteiger partial charge >= 0.3 is 88.7 Å². The van der Waals surface area contributed by atoms with Crippen LogP contribution in [0.25, 0.3) is 0 Å². The zero-order valence-electron chi connectivity index (χ0n) is 13.4. The van der Waals surface area contributed by atoms with E-state index >= 15 is 0 Å². The Hall–Kier alpha value is 2.73. The van der Waals surface area contributed by atoms with E-state index in [2.05, 4.69) is 8.37 Å². The molecule has 0 aromatic heterocycles. The van der Waals surface area contributed by atoms with Gasteiger partial charge in [0.25, 0.3) is 0 Å². The Morgan fingerprint density at radius 2 is 1.68 bits per heavy atom. The molecule has 0 amide bonds. The summed E-state index contributed by atoms with van der Waals surface area (Å²) in [6.07, 6.45) is -5.58. The smallest absolute Gasteiger partial charge is 0.760 e. The molecule has 1 aliphatic rings. The summed E-state index contributed by atoms with van der Waals surface area (Å²) in [7, 11) is -10.3. The van der Waals surface area contributed by atoms with Crippen molar-refractivity contribution in [1.82, 2.24) is 4.72 Å². The minimum atomic E-state index is -5.26. The second kappa shape index (κ2) is 13.9. The maximum absolute atomic E-state index is 10.6. The number of hydrogen-bond donors (Lipinski definition) is 2. The Balaban J connectivity index is -0.00000161. The molecule has 0 aliphatic carbocycles. The molecule has 25 heavy (non-hydrogen) atoms. The first-order chi connectivity index (χ1) is 9.87. The molecule has 5 atom stereocenters. The first-order valence-electron chi connectivity index (χ1n) is 5.30. The third-order valence-corrected chi connectivity index (χ3v) is 3.78. The fourth-order valence-corrected chi connectivity index (χ4v) is 3.00. The Morgan fingerprint density at radius 1 is 1.16 bits per heavy atom.